The van der Waals surface area contributed by atoms with Crippen molar-refractivity contribution in [1.29, 1.82) is 0 Å². The Hall–Kier alpha value is -1.12. The first kappa shape index (κ1) is 8.97. The summed E-state index contributed by atoms with van der Waals surface area (Å²) in [5, 5.41) is 0. The van der Waals surface area contributed by atoms with Crippen LogP contribution in [-0.4, -0.2) is 30.6 Å². The zero-order valence-electron chi connectivity index (χ0n) is 7.46. The summed E-state index contributed by atoms with van der Waals surface area (Å²) in [6, 6.07) is 0. The van der Waals surface area contributed by atoms with Crippen LogP contribution in [0.5, 0.6) is 0 Å². The summed E-state index contributed by atoms with van der Waals surface area (Å²) in [6.45, 7) is 0. The number of rotatable bonds is 1. The molecular formula is C9H13NO2. The van der Waals surface area contributed by atoms with Gasteiger partial charge in [-0.1, -0.05) is 0 Å². The minimum absolute atomic E-state index is 0.114. The minimum atomic E-state index is 0.114. The van der Waals surface area contributed by atoms with Crippen molar-refractivity contribution >= 4 is 11.6 Å². The normalized spacial score (nSPS) is 21.7. The van der Waals surface area contributed by atoms with Gasteiger partial charge < -0.3 is 4.90 Å². The lowest BCUT2D eigenvalue weighted by Gasteiger charge is -2.14. The Bertz CT molecular complexity index is 241. The van der Waals surface area contributed by atoms with Crippen LogP contribution < -0.4 is 0 Å². The molecule has 1 aliphatic rings. The van der Waals surface area contributed by atoms with E-state index in [1.54, 1.807) is 11.1 Å². The van der Waals surface area contributed by atoms with E-state index in [9.17, 15) is 9.59 Å². The molecule has 0 radical (unpaired) electrons. The maximum Gasteiger partial charge on any atom is 0.161 e. The molecular weight excluding hydrogens is 154 g/mol. The van der Waals surface area contributed by atoms with Crippen LogP contribution in [0.3, 0.4) is 0 Å². The number of nitrogens with zero attached hydrogens (tertiary/aromatic N) is 1. The second kappa shape index (κ2) is 3.52. The summed E-state index contributed by atoms with van der Waals surface area (Å²) in [5.41, 5.74) is 0.649. The second-order valence-corrected chi connectivity index (χ2v) is 3.26. The van der Waals surface area contributed by atoms with Crippen LogP contribution in [0.25, 0.3) is 0 Å². The Morgan fingerprint density at radius 2 is 1.92 bits per heavy atom. The van der Waals surface area contributed by atoms with Gasteiger partial charge in [0, 0.05) is 45.1 Å². The summed E-state index contributed by atoms with van der Waals surface area (Å²) in [5.74, 6) is 0.283. The van der Waals surface area contributed by atoms with E-state index in [1.165, 1.54) is 0 Å². The number of ketones is 2. The fourth-order valence-electron chi connectivity index (χ4n) is 1.24. The van der Waals surface area contributed by atoms with Crippen molar-refractivity contribution in [2.45, 2.75) is 19.3 Å². The third-order valence-electron chi connectivity index (χ3n) is 1.79. The molecule has 0 amide bonds. The lowest BCUT2D eigenvalue weighted by atomic mass is 9.93. The van der Waals surface area contributed by atoms with E-state index in [2.05, 4.69) is 0 Å². The van der Waals surface area contributed by atoms with E-state index in [1.807, 2.05) is 14.1 Å². The predicted molar refractivity (Wildman–Crippen MR) is 45.6 cm³/mol. The van der Waals surface area contributed by atoms with Crippen LogP contribution in [0.1, 0.15) is 19.3 Å². The average molecular weight is 167 g/mol. The molecule has 0 heterocycles. The van der Waals surface area contributed by atoms with Crippen molar-refractivity contribution in [3.63, 3.8) is 0 Å². The van der Waals surface area contributed by atoms with E-state index in [0.29, 0.717) is 24.8 Å². The zero-order chi connectivity index (χ0) is 9.14. The van der Waals surface area contributed by atoms with Crippen molar-refractivity contribution in [3.8, 4) is 0 Å². The number of hydrogen-bond donors (Lipinski definition) is 0. The molecule has 0 aliphatic heterocycles. The molecule has 3 nitrogen and oxygen atoms in total. The van der Waals surface area contributed by atoms with E-state index >= 15 is 0 Å². The summed E-state index contributed by atoms with van der Waals surface area (Å²) >= 11 is 0. The Kier molecular flexibility index (Phi) is 2.63. The highest BCUT2D eigenvalue weighted by atomic mass is 16.1. The van der Waals surface area contributed by atoms with Gasteiger partial charge in [0.05, 0.1) is 0 Å². The van der Waals surface area contributed by atoms with E-state index in [4.69, 9.17) is 0 Å². The van der Waals surface area contributed by atoms with E-state index < -0.39 is 0 Å². The SMILES string of the molecule is CN(C)C=C1CC(=O)CCC1=O. The monoisotopic (exact) mass is 167 g/mol. The highest BCUT2D eigenvalue weighted by Gasteiger charge is 2.20. The van der Waals surface area contributed by atoms with E-state index in [-0.39, 0.29) is 11.6 Å². The molecule has 1 aliphatic carbocycles. The van der Waals surface area contributed by atoms with Crippen LogP contribution in [0.4, 0.5) is 0 Å². The Balaban J connectivity index is 2.73. The van der Waals surface area contributed by atoms with Crippen molar-refractivity contribution in [2.75, 3.05) is 14.1 Å². The van der Waals surface area contributed by atoms with Gasteiger partial charge in [0.25, 0.3) is 0 Å². The van der Waals surface area contributed by atoms with Crippen molar-refractivity contribution in [2.24, 2.45) is 0 Å². The Morgan fingerprint density at radius 3 is 2.50 bits per heavy atom. The number of Topliss-reactive ketones (excluding diaryl/α,β-unsaturated/α-hetero) is 2. The van der Waals surface area contributed by atoms with Gasteiger partial charge >= 0.3 is 0 Å². The second-order valence-electron chi connectivity index (χ2n) is 3.26. The summed E-state index contributed by atoms with van der Waals surface area (Å²) in [7, 11) is 3.69. The molecule has 1 rings (SSSR count). The molecule has 66 valence electrons. The summed E-state index contributed by atoms with van der Waals surface area (Å²) in [4.78, 5) is 24.0. The Labute approximate surface area is 72.0 Å². The van der Waals surface area contributed by atoms with Crippen LogP contribution in [0, 0.1) is 0 Å². The fraction of sp³-hybridized carbons (Fsp3) is 0.556. The summed E-state index contributed by atoms with van der Waals surface area (Å²) in [6.07, 6.45) is 2.86. The molecule has 0 N–H and O–H groups in total. The van der Waals surface area contributed by atoms with Crippen molar-refractivity contribution < 1.29 is 9.59 Å². The number of carbonyl (C=O) groups is 2. The number of carbonyl (C=O) groups excluding carboxylic acids is 2. The van der Waals surface area contributed by atoms with Crippen molar-refractivity contribution in [1.82, 2.24) is 4.90 Å². The van der Waals surface area contributed by atoms with Gasteiger partial charge in [-0.2, -0.15) is 0 Å². The molecule has 0 spiro atoms. The first-order valence-electron chi connectivity index (χ1n) is 4.01. The van der Waals surface area contributed by atoms with Gasteiger partial charge in [0.2, 0.25) is 0 Å². The molecule has 0 aromatic heterocycles. The standard InChI is InChI=1S/C9H13NO2/c1-10(2)6-7-5-8(11)3-4-9(7)12/h6H,3-5H2,1-2H3. The fourth-order valence-corrected chi connectivity index (χ4v) is 1.24. The van der Waals surface area contributed by atoms with Gasteiger partial charge in [-0.25, -0.2) is 0 Å². The van der Waals surface area contributed by atoms with Crippen LogP contribution in [0.2, 0.25) is 0 Å². The first-order chi connectivity index (χ1) is 5.59. The van der Waals surface area contributed by atoms with Gasteiger partial charge in [-0.05, 0) is 0 Å². The van der Waals surface area contributed by atoms with Crippen LogP contribution >= 0.6 is 0 Å². The highest BCUT2D eigenvalue weighted by molar-refractivity contribution is 6.05. The molecule has 1 fully saturated rings. The maximum absolute atomic E-state index is 11.2. The smallest absolute Gasteiger partial charge is 0.161 e. The molecule has 12 heavy (non-hydrogen) atoms. The first-order valence-corrected chi connectivity index (χ1v) is 4.01. The molecule has 0 unspecified atom stereocenters. The van der Waals surface area contributed by atoms with Gasteiger partial charge in [-0.15, -0.1) is 0 Å². The molecule has 0 aromatic carbocycles. The number of allylic oxidation sites excluding steroid dienone is 1. The third-order valence-corrected chi connectivity index (χ3v) is 1.79. The molecule has 0 atom stereocenters. The van der Waals surface area contributed by atoms with Gasteiger partial charge in [0.1, 0.15) is 5.78 Å². The predicted octanol–water partition coefficient (Wildman–Crippen LogP) is 0.754. The largest absolute Gasteiger partial charge is 0.383 e. The molecule has 0 saturated heterocycles. The van der Waals surface area contributed by atoms with Gasteiger partial charge in [0.15, 0.2) is 5.78 Å². The highest BCUT2D eigenvalue weighted by Crippen LogP contribution is 2.16. The van der Waals surface area contributed by atoms with E-state index in [0.717, 1.165) is 0 Å². The zero-order valence-corrected chi connectivity index (χ0v) is 7.46. The quantitative estimate of drug-likeness (QED) is 0.541. The van der Waals surface area contributed by atoms with Crippen LogP contribution in [-0.2, 0) is 9.59 Å². The van der Waals surface area contributed by atoms with Gasteiger partial charge in [-0.3, -0.25) is 9.59 Å². The molecule has 1 saturated carbocycles. The lowest BCUT2D eigenvalue weighted by molar-refractivity contribution is -0.125. The minimum Gasteiger partial charge on any atom is -0.383 e. The third kappa shape index (κ3) is 2.19. The Morgan fingerprint density at radius 1 is 1.25 bits per heavy atom. The topological polar surface area (TPSA) is 37.4 Å². The van der Waals surface area contributed by atoms with Crippen molar-refractivity contribution in [3.05, 3.63) is 11.8 Å². The lowest BCUT2D eigenvalue weighted by Crippen LogP contribution is -2.18. The maximum atomic E-state index is 11.2. The molecule has 3 heteroatoms. The molecule has 0 aromatic rings. The molecule has 0 bridgehead atoms. The number of hydrogen-bond acceptors (Lipinski definition) is 3. The summed E-state index contributed by atoms with van der Waals surface area (Å²) < 4.78 is 0. The average Bonchev–Trinajstić information content (AvgIpc) is 1.96. The van der Waals surface area contributed by atoms with Crippen LogP contribution in [0.15, 0.2) is 11.8 Å².